The second kappa shape index (κ2) is 5.73. The third-order valence-corrected chi connectivity index (χ3v) is 3.73. The molecule has 9 heteroatoms. The summed E-state index contributed by atoms with van der Waals surface area (Å²) in [5.41, 5.74) is 2.72. The van der Waals surface area contributed by atoms with E-state index in [2.05, 4.69) is 36.2 Å². The molecule has 2 aromatic rings. The molecule has 0 fully saturated rings. The van der Waals surface area contributed by atoms with Crippen LogP contribution in [-0.4, -0.2) is 20.4 Å². The summed E-state index contributed by atoms with van der Waals surface area (Å²) < 4.78 is 0. The Morgan fingerprint density at radius 3 is 2.35 bits per heavy atom. The maximum absolute atomic E-state index is 3.96. The van der Waals surface area contributed by atoms with E-state index in [1.807, 2.05) is 13.8 Å². The van der Waals surface area contributed by atoms with Crippen LogP contribution in [0.1, 0.15) is 23.9 Å². The van der Waals surface area contributed by atoms with Gasteiger partial charge in [0.25, 0.3) is 5.13 Å². The lowest BCUT2D eigenvalue weighted by Crippen LogP contribution is -1.84. The molecule has 0 atom stereocenters. The van der Waals surface area contributed by atoms with Crippen molar-refractivity contribution in [1.82, 2.24) is 20.4 Å². The Hall–Kier alpha value is -1.48. The van der Waals surface area contributed by atoms with Crippen molar-refractivity contribution in [2.75, 3.05) is 5.43 Å². The minimum atomic E-state index is 0.537. The number of nitrogens with one attached hydrogen (secondary N) is 1. The van der Waals surface area contributed by atoms with E-state index in [-0.39, 0.29) is 0 Å². The molecule has 0 saturated carbocycles. The van der Waals surface area contributed by atoms with Gasteiger partial charge in [-0.15, -0.1) is 20.4 Å². The van der Waals surface area contributed by atoms with Gasteiger partial charge in [0.2, 0.25) is 5.13 Å². The molecule has 0 radical (unpaired) electrons. The molecule has 0 aliphatic carbocycles. The number of anilines is 1. The first-order valence-electron chi connectivity index (χ1n) is 5.13. The molecule has 17 heavy (non-hydrogen) atoms. The third-order valence-electron chi connectivity index (χ3n) is 1.81. The molecule has 0 spiro atoms. The zero-order valence-electron chi connectivity index (χ0n) is 9.41. The highest BCUT2D eigenvalue weighted by Gasteiger charge is 2.02. The van der Waals surface area contributed by atoms with Gasteiger partial charge in [-0.05, 0) is 12.8 Å². The molecule has 0 aliphatic heterocycles. The molecule has 0 aliphatic rings. The molecule has 0 saturated heterocycles. The van der Waals surface area contributed by atoms with E-state index in [1.54, 1.807) is 0 Å². The smallest absolute Gasteiger partial charge is 0.232 e. The Bertz CT molecular complexity index is 503. The maximum Gasteiger partial charge on any atom is 0.253 e. The molecule has 0 bridgehead atoms. The van der Waals surface area contributed by atoms with Crippen molar-refractivity contribution < 1.29 is 0 Å². The van der Waals surface area contributed by atoms with Gasteiger partial charge in [-0.3, -0.25) is 0 Å². The van der Waals surface area contributed by atoms with Gasteiger partial charge in [0.1, 0.15) is 10.0 Å². The summed E-state index contributed by atoms with van der Waals surface area (Å²) in [5, 5.41) is 26.5. The van der Waals surface area contributed by atoms with Crippen molar-refractivity contribution in [3.05, 3.63) is 10.0 Å². The van der Waals surface area contributed by atoms with Crippen molar-refractivity contribution in [3.63, 3.8) is 0 Å². The SMILES string of the molecule is CCc1nnc(/N=N/Nc2nnc(CC)s2)s1. The Labute approximate surface area is 106 Å². The van der Waals surface area contributed by atoms with Crippen LogP contribution in [-0.2, 0) is 12.8 Å². The fraction of sp³-hybridized carbons (Fsp3) is 0.500. The largest absolute Gasteiger partial charge is 0.253 e. The minimum absolute atomic E-state index is 0.537. The summed E-state index contributed by atoms with van der Waals surface area (Å²) >= 11 is 2.88. The quantitative estimate of drug-likeness (QED) is 0.665. The van der Waals surface area contributed by atoms with Crippen LogP contribution in [0.15, 0.2) is 10.3 Å². The standard InChI is InChI=1S/C8H11N7S2/c1-3-5-9-11-7(16-5)13-15-14-8-12-10-6(4-2)17-8/h3-4H2,1-2H3,(H,11,12,13,14). The van der Waals surface area contributed by atoms with Gasteiger partial charge in [0, 0.05) is 0 Å². The molecule has 0 amide bonds. The summed E-state index contributed by atoms with van der Waals surface area (Å²) in [6.07, 6.45) is 1.73. The second-order valence-electron chi connectivity index (χ2n) is 3.00. The molecule has 0 unspecified atom stereocenters. The minimum Gasteiger partial charge on any atom is -0.232 e. The van der Waals surface area contributed by atoms with E-state index < -0.39 is 0 Å². The van der Waals surface area contributed by atoms with Crippen molar-refractivity contribution in [1.29, 1.82) is 0 Å². The van der Waals surface area contributed by atoms with Gasteiger partial charge in [-0.25, -0.2) is 5.43 Å². The molecule has 7 nitrogen and oxygen atoms in total. The first-order valence-corrected chi connectivity index (χ1v) is 6.76. The Kier molecular flexibility index (Phi) is 4.04. The van der Waals surface area contributed by atoms with Crippen LogP contribution in [0.5, 0.6) is 0 Å². The van der Waals surface area contributed by atoms with Gasteiger partial charge in [-0.2, -0.15) is 0 Å². The third kappa shape index (κ3) is 3.24. The highest BCUT2D eigenvalue weighted by Crippen LogP contribution is 2.20. The normalized spacial score (nSPS) is 11.2. The van der Waals surface area contributed by atoms with E-state index in [4.69, 9.17) is 0 Å². The summed E-state index contributed by atoms with van der Waals surface area (Å²) in [4.78, 5) is 0. The van der Waals surface area contributed by atoms with Crippen molar-refractivity contribution in [2.24, 2.45) is 10.3 Å². The zero-order chi connectivity index (χ0) is 12.1. The Balaban J connectivity index is 1.92. The number of aryl methyl sites for hydroxylation is 2. The Morgan fingerprint density at radius 2 is 1.71 bits per heavy atom. The molecule has 2 heterocycles. The molecular formula is C8H11N7S2. The monoisotopic (exact) mass is 269 g/mol. The highest BCUT2D eigenvalue weighted by molar-refractivity contribution is 7.15. The van der Waals surface area contributed by atoms with E-state index in [0.717, 1.165) is 22.9 Å². The average Bonchev–Trinajstić information content (AvgIpc) is 2.97. The number of nitrogens with zero attached hydrogens (tertiary/aromatic N) is 6. The van der Waals surface area contributed by atoms with Crippen molar-refractivity contribution in [2.45, 2.75) is 26.7 Å². The average molecular weight is 269 g/mol. The summed E-state index contributed by atoms with van der Waals surface area (Å²) in [6.45, 7) is 4.05. The zero-order valence-corrected chi connectivity index (χ0v) is 11.0. The highest BCUT2D eigenvalue weighted by atomic mass is 32.1. The lowest BCUT2D eigenvalue weighted by Gasteiger charge is -1.87. The van der Waals surface area contributed by atoms with Crippen LogP contribution < -0.4 is 5.43 Å². The van der Waals surface area contributed by atoms with Gasteiger partial charge in [0.05, 0.1) is 0 Å². The van der Waals surface area contributed by atoms with Crippen LogP contribution in [0.3, 0.4) is 0 Å². The number of hydrogen-bond acceptors (Lipinski definition) is 8. The fourth-order valence-corrected chi connectivity index (χ4v) is 2.20. The van der Waals surface area contributed by atoms with Crippen LogP contribution in [0.4, 0.5) is 10.3 Å². The molecular weight excluding hydrogens is 258 g/mol. The van der Waals surface area contributed by atoms with E-state index in [1.165, 1.54) is 22.7 Å². The van der Waals surface area contributed by atoms with Crippen LogP contribution in [0.2, 0.25) is 0 Å². The predicted molar refractivity (Wildman–Crippen MR) is 66.7 cm³/mol. The van der Waals surface area contributed by atoms with E-state index in [9.17, 15) is 0 Å². The molecule has 1 N–H and O–H groups in total. The summed E-state index contributed by atoms with van der Waals surface area (Å²) in [5.74, 6) is 0. The molecule has 2 rings (SSSR count). The van der Waals surface area contributed by atoms with Gasteiger partial charge in [0.15, 0.2) is 0 Å². The predicted octanol–water partition coefficient (Wildman–Crippen LogP) is 2.63. The van der Waals surface area contributed by atoms with Crippen molar-refractivity contribution >= 4 is 32.9 Å². The summed E-state index contributed by atoms with van der Waals surface area (Å²) in [6, 6.07) is 0. The fourth-order valence-electron chi connectivity index (χ4n) is 0.980. The second-order valence-corrected chi connectivity index (χ2v) is 5.10. The van der Waals surface area contributed by atoms with E-state index in [0.29, 0.717) is 10.3 Å². The maximum atomic E-state index is 3.96. The van der Waals surface area contributed by atoms with Crippen LogP contribution >= 0.6 is 22.7 Å². The Morgan fingerprint density at radius 1 is 1.00 bits per heavy atom. The van der Waals surface area contributed by atoms with Gasteiger partial charge in [-0.1, -0.05) is 46.9 Å². The van der Waals surface area contributed by atoms with Gasteiger partial charge >= 0.3 is 0 Å². The summed E-state index contributed by atoms with van der Waals surface area (Å²) in [7, 11) is 0. The van der Waals surface area contributed by atoms with Crippen LogP contribution in [0.25, 0.3) is 0 Å². The lowest BCUT2D eigenvalue weighted by molar-refractivity contribution is 0.960. The number of rotatable bonds is 5. The van der Waals surface area contributed by atoms with Crippen LogP contribution in [0, 0.1) is 0 Å². The number of aromatic nitrogens is 4. The molecule has 2 aromatic heterocycles. The molecule has 90 valence electrons. The van der Waals surface area contributed by atoms with E-state index >= 15 is 0 Å². The lowest BCUT2D eigenvalue weighted by atomic mass is 10.5. The first-order chi connectivity index (χ1) is 8.31. The molecule has 0 aromatic carbocycles. The number of hydrogen-bond donors (Lipinski definition) is 1. The topological polar surface area (TPSA) is 88.3 Å². The van der Waals surface area contributed by atoms with Gasteiger partial charge < -0.3 is 0 Å². The first kappa shape index (κ1) is 12.0. The van der Waals surface area contributed by atoms with Crippen molar-refractivity contribution in [3.8, 4) is 0 Å².